The first-order chi connectivity index (χ1) is 6.68. The third-order valence-corrected chi connectivity index (χ3v) is 2.86. The van der Waals surface area contributed by atoms with Crippen molar-refractivity contribution >= 4 is 29.3 Å². The first-order valence-electron chi connectivity index (χ1n) is 4.63. The Hall–Kier alpha value is -0.510. The topological polar surface area (TPSA) is 47.4 Å². The van der Waals surface area contributed by atoms with Gasteiger partial charge in [-0.25, -0.2) is 0 Å². The van der Waals surface area contributed by atoms with Crippen LogP contribution >= 0.6 is 24.2 Å². The van der Waals surface area contributed by atoms with Crippen LogP contribution in [0.5, 0.6) is 0 Å². The second kappa shape index (κ2) is 7.74. The van der Waals surface area contributed by atoms with Crippen LogP contribution in [0.2, 0.25) is 0 Å². The maximum absolute atomic E-state index is 8.99. The van der Waals surface area contributed by atoms with Gasteiger partial charge in [-0.15, -0.1) is 12.4 Å². The zero-order valence-corrected chi connectivity index (χ0v) is 10.4. The molecule has 0 amide bonds. The maximum Gasteiger partial charge on any atom is 0.347 e. The summed E-state index contributed by atoms with van der Waals surface area (Å²) in [6.45, 7) is 1.68. The number of thioether (sulfide) groups is 1. The van der Waals surface area contributed by atoms with Gasteiger partial charge < -0.3 is 5.73 Å². The van der Waals surface area contributed by atoms with Crippen molar-refractivity contribution in [2.45, 2.75) is 19.4 Å². The van der Waals surface area contributed by atoms with Gasteiger partial charge in [0.2, 0.25) is 0 Å². The molecule has 0 bridgehead atoms. The summed E-state index contributed by atoms with van der Waals surface area (Å²) < 4.78 is 0. The Kier molecular flexibility index (Phi) is 7.48. The quantitative estimate of drug-likeness (QED) is 0.829. The molecule has 0 aromatic heterocycles. The number of halogens is 1. The van der Waals surface area contributed by atoms with Gasteiger partial charge >= 0.3 is 5.12 Å². The van der Waals surface area contributed by atoms with Crippen molar-refractivity contribution in [3.8, 4) is 0 Å². The normalized spacial score (nSPS) is 11.6. The first kappa shape index (κ1) is 14.5. The molecule has 0 aliphatic rings. The SMILES string of the molecule is CC(=[OH+])SCC(N)Cc1ccccc1.Cl. The highest BCUT2D eigenvalue weighted by atomic mass is 35.5. The molecule has 15 heavy (non-hydrogen) atoms. The molecule has 0 radical (unpaired) electrons. The van der Waals surface area contributed by atoms with E-state index >= 15 is 0 Å². The highest BCUT2D eigenvalue weighted by Gasteiger charge is 2.08. The average molecular weight is 247 g/mol. The summed E-state index contributed by atoms with van der Waals surface area (Å²) in [5.74, 6) is 0.761. The van der Waals surface area contributed by atoms with Crippen LogP contribution in [0.3, 0.4) is 0 Å². The molecular formula is C11H17ClNOS+. The zero-order valence-electron chi connectivity index (χ0n) is 8.72. The molecule has 0 aliphatic heterocycles. The molecule has 2 nitrogen and oxygen atoms in total. The summed E-state index contributed by atoms with van der Waals surface area (Å²) in [6.07, 6.45) is 0.862. The fraction of sp³-hybridized carbons (Fsp3) is 0.364. The van der Waals surface area contributed by atoms with E-state index in [1.165, 1.54) is 17.3 Å². The van der Waals surface area contributed by atoms with E-state index in [1.807, 2.05) is 18.2 Å². The Morgan fingerprint density at radius 3 is 2.53 bits per heavy atom. The standard InChI is InChI=1S/C11H15NOS.ClH/c1-9(13)14-8-11(12)7-10-5-3-2-4-6-10;/h2-6,11H,7-8,12H2,1H3;1H/p+1. The van der Waals surface area contributed by atoms with Crippen LogP contribution in [-0.4, -0.2) is 21.7 Å². The molecule has 1 aromatic rings. The van der Waals surface area contributed by atoms with Crippen LogP contribution in [0.4, 0.5) is 0 Å². The van der Waals surface area contributed by atoms with Crippen molar-refractivity contribution in [3.63, 3.8) is 0 Å². The third kappa shape index (κ3) is 6.55. The Morgan fingerprint density at radius 2 is 2.00 bits per heavy atom. The molecule has 4 heteroatoms. The van der Waals surface area contributed by atoms with Crippen molar-refractivity contribution in [1.82, 2.24) is 0 Å². The van der Waals surface area contributed by atoms with Gasteiger partial charge in [-0.1, -0.05) is 30.3 Å². The molecule has 0 saturated carbocycles. The Bertz CT molecular complexity index is 292. The van der Waals surface area contributed by atoms with Gasteiger partial charge in [-0.3, -0.25) is 4.79 Å². The van der Waals surface area contributed by atoms with Gasteiger partial charge in [0.15, 0.2) is 0 Å². The van der Waals surface area contributed by atoms with E-state index < -0.39 is 0 Å². The molecule has 84 valence electrons. The van der Waals surface area contributed by atoms with Crippen molar-refractivity contribution in [2.75, 3.05) is 5.75 Å². The average Bonchev–Trinajstić information content (AvgIpc) is 2.16. The summed E-state index contributed by atoms with van der Waals surface area (Å²) in [4.78, 5) is 8.99. The van der Waals surface area contributed by atoms with E-state index in [0.717, 1.165) is 12.2 Å². The number of nitrogens with two attached hydrogens (primary N) is 1. The number of benzene rings is 1. The zero-order chi connectivity index (χ0) is 10.4. The molecule has 0 spiro atoms. The second-order valence-electron chi connectivity index (χ2n) is 3.28. The lowest BCUT2D eigenvalue weighted by Gasteiger charge is -2.08. The van der Waals surface area contributed by atoms with Crippen molar-refractivity contribution in [3.05, 3.63) is 35.9 Å². The van der Waals surface area contributed by atoms with Gasteiger partial charge in [0.05, 0.1) is 6.92 Å². The van der Waals surface area contributed by atoms with Crippen LogP contribution < -0.4 is 5.73 Å². The molecule has 1 unspecified atom stereocenters. The van der Waals surface area contributed by atoms with Crippen LogP contribution in [0.1, 0.15) is 12.5 Å². The van der Waals surface area contributed by atoms with Crippen LogP contribution in [0.25, 0.3) is 0 Å². The van der Waals surface area contributed by atoms with E-state index in [1.54, 1.807) is 6.92 Å². The van der Waals surface area contributed by atoms with E-state index in [9.17, 15) is 0 Å². The minimum atomic E-state index is 0. The Balaban J connectivity index is 0.00000196. The minimum Gasteiger partial charge on any atom is -0.327 e. The molecule has 0 saturated heterocycles. The van der Waals surface area contributed by atoms with Gasteiger partial charge in [-0.05, 0) is 23.7 Å². The summed E-state index contributed by atoms with van der Waals surface area (Å²) in [5.41, 5.74) is 7.16. The van der Waals surface area contributed by atoms with E-state index in [0.29, 0.717) is 5.12 Å². The van der Waals surface area contributed by atoms with E-state index in [-0.39, 0.29) is 18.4 Å². The number of carbonyl (C=O) groups excluding carboxylic acids is 1. The third-order valence-electron chi connectivity index (χ3n) is 1.85. The van der Waals surface area contributed by atoms with Crippen molar-refractivity contribution in [1.29, 1.82) is 0 Å². The van der Waals surface area contributed by atoms with Gasteiger partial charge in [0, 0.05) is 11.8 Å². The summed E-state index contributed by atoms with van der Waals surface area (Å²) in [5, 5.41) is 0.383. The lowest BCUT2D eigenvalue weighted by Crippen LogP contribution is -2.26. The second-order valence-corrected chi connectivity index (χ2v) is 4.49. The van der Waals surface area contributed by atoms with E-state index in [2.05, 4.69) is 12.1 Å². The van der Waals surface area contributed by atoms with Crippen molar-refractivity contribution < 1.29 is 4.79 Å². The molecule has 0 aliphatic carbocycles. The number of hydrogen-bond acceptors (Lipinski definition) is 2. The predicted molar refractivity (Wildman–Crippen MR) is 70.4 cm³/mol. The van der Waals surface area contributed by atoms with Crippen LogP contribution in [0, 0.1) is 0 Å². The number of hydrogen-bond donors (Lipinski definition) is 1. The molecule has 1 atom stereocenters. The highest BCUT2D eigenvalue weighted by molar-refractivity contribution is 8.13. The van der Waals surface area contributed by atoms with Crippen molar-refractivity contribution in [2.24, 2.45) is 5.73 Å². The Labute approximate surface area is 101 Å². The van der Waals surface area contributed by atoms with Gasteiger partial charge in [-0.2, -0.15) is 0 Å². The lowest BCUT2D eigenvalue weighted by molar-refractivity contribution is 0.684. The smallest absolute Gasteiger partial charge is 0.327 e. The van der Waals surface area contributed by atoms with Gasteiger partial charge in [0.1, 0.15) is 0 Å². The molecular weight excluding hydrogens is 230 g/mol. The Morgan fingerprint density at radius 1 is 1.40 bits per heavy atom. The number of rotatable bonds is 4. The molecule has 1 rings (SSSR count). The molecule has 0 heterocycles. The molecule has 1 aromatic carbocycles. The van der Waals surface area contributed by atoms with Crippen LogP contribution in [0.15, 0.2) is 30.3 Å². The molecule has 3 N–H and O–H groups in total. The first-order valence-corrected chi connectivity index (χ1v) is 5.62. The monoisotopic (exact) mass is 246 g/mol. The lowest BCUT2D eigenvalue weighted by atomic mass is 10.1. The molecule has 0 fully saturated rings. The maximum atomic E-state index is 8.99. The highest BCUT2D eigenvalue weighted by Crippen LogP contribution is 2.07. The minimum absolute atomic E-state index is 0. The summed E-state index contributed by atoms with van der Waals surface area (Å²) in [7, 11) is 0. The fourth-order valence-corrected chi connectivity index (χ4v) is 1.78. The summed E-state index contributed by atoms with van der Waals surface area (Å²) >= 11 is 1.41. The summed E-state index contributed by atoms with van der Waals surface area (Å²) in [6, 6.07) is 10.3. The van der Waals surface area contributed by atoms with Gasteiger partial charge in [0.25, 0.3) is 0 Å². The predicted octanol–water partition coefficient (Wildman–Crippen LogP) is 2.23. The van der Waals surface area contributed by atoms with E-state index in [4.69, 9.17) is 10.5 Å². The largest absolute Gasteiger partial charge is 0.347 e. The van der Waals surface area contributed by atoms with Crippen LogP contribution in [-0.2, 0) is 6.42 Å². The fourth-order valence-electron chi connectivity index (χ4n) is 1.20.